The van der Waals surface area contributed by atoms with Gasteiger partial charge in [0.05, 0.1) is 17.4 Å². The van der Waals surface area contributed by atoms with E-state index in [4.69, 9.17) is 14.4 Å². The van der Waals surface area contributed by atoms with Crippen molar-refractivity contribution in [2.45, 2.75) is 18.8 Å². The highest BCUT2D eigenvalue weighted by Gasteiger charge is 2.29. The molecule has 1 saturated carbocycles. The molecule has 6 aromatic heterocycles. The summed E-state index contributed by atoms with van der Waals surface area (Å²) in [7, 11) is 0. The van der Waals surface area contributed by atoms with Gasteiger partial charge in [0.2, 0.25) is 0 Å². The average molecular weight is 462 g/mol. The zero-order chi connectivity index (χ0) is 22.9. The van der Waals surface area contributed by atoms with Crippen LogP contribution < -0.4 is 10.2 Å². The first-order valence-electron chi connectivity index (χ1n) is 12.2. The molecule has 2 fully saturated rings. The molecule has 0 aromatic carbocycles. The Balaban J connectivity index is 1.34. The van der Waals surface area contributed by atoms with Crippen molar-refractivity contribution in [3.8, 4) is 22.6 Å². The second-order valence-corrected chi connectivity index (χ2v) is 9.57. The van der Waals surface area contributed by atoms with E-state index in [-0.39, 0.29) is 0 Å². The molecule has 35 heavy (non-hydrogen) atoms. The molecule has 2 bridgehead atoms. The predicted octanol–water partition coefficient (Wildman–Crippen LogP) is 4.71. The molecule has 2 N–H and O–H groups in total. The number of rotatable bonds is 4. The third-order valence-corrected chi connectivity index (χ3v) is 7.29. The maximum atomic E-state index is 5.76. The standard InChI is InChI=1S/C27H23N7O/c1-2-15(1)20-13-29-14-22-24(20)27(34-9-7-28-8-10-34)33-26(32-22)17-5-6-30-25-18(17)12-21(31-25)19-11-16-3-4-23(19)35-16/h3-6,11-15,28H,1-2,7-10H2,(H,30,31). The van der Waals surface area contributed by atoms with Crippen LogP contribution in [0.1, 0.15) is 24.3 Å². The molecule has 0 unspecified atom stereocenters. The number of hydrogen-bond acceptors (Lipinski definition) is 7. The van der Waals surface area contributed by atoms with Gasteiger partial charge >= 0.3 is 0 Å². The van der Waals surface area contributed by atoms with Crippen LogP contribution in [0.4, 0.5) is 5.82 Å². The van der Waals surface area contributed by atoms with E-state index in [0.29, 0.717) is 11.7 Å². The van der Waals surface area contributed by atoms with Crippen LogP contribution in [0, 0.1) is 0 Å². The van der Waals surface area contributed by atoms with E-state index in [9.17, 15) is 0 Å². The Hall–Kier alpha value is -4.04. The van der Waals surface area contributed by atoms with Crippen LogP contribution in [0.5, 0.6) is 0 Å². The van der Waals surface area contributed by atoms with Gasteiger partial charge in [0, 0.05) is 60.5 Å². The Morgan fingerprint density at radius 3 is 2.69 bits per heavy atom. The summed E-state index contributed by atoms with van der Waals surface area (Å²) in [5.41, 5.74) is 7.75. The predicted molar refractivity (Wildman–Crippen MR) is 136 cm³/mol. The van der Waals surface area contributed by atoms with Crippen LogP contribution in [0.2, 0.25) is 0 Å². The van der Waals surface area contributed by atoms with E-state index in [1.807, 2.05) is 36.8 Å². The second-order valence-electron chi connectivity index (χ2n) is 9.57. The molecule has 172 valence electrons. The van der Waals surface area contributed by atoms with Gasteiger partial charge < -0.3 is 19.6 Å². The van der Waals surface area contributed by atoms with Gasteiger partial charge in [-0.2, -0.15) is 0 Å². The van der Waals surface area contributed by atoms with Crippen molar-refractivity contribution in [2.75, 3.05) is 31.1 Å². The van der Waals surface area contributed by atoms with Crippen LogP contribution in [-0.4, -0.2) is 51.1 Å². The molecule has 8 heteroatoms. The Morgan fingerprint density at radius 2 is 1.89 bits per heavy atom. The van der Waals surface area contributed by atoms with Gasteiger partial charge in [-0.25, -0.2) is 15.0 Å². The lowest BCUT2D eigenvalue weighted by molar-refractivity contribution is 0.586. The normalized spacial score (nSPS) is 16.7. The summed E-state index contributed by atoms with van der Waals surface area (Å²) in [6, 6.07) is 10.2. The van der Waals surface area contributed by atoms with Crippen LogP contribution in [0.3, 0.4) is 0 Å². The molecule has 0 amide bonds. The first-order chi connectivity index (χ1) is 17.3. The molecule has 0 spiro atoms. The third kappa shape index (κ3) is 3.03. The largest absolute Gasteiger partial charge is 0.457 e. The molecular formula is C27H23N7O. The van der Waals surface area contributed by atoms with Gasteiger partial charge in [-0.3, -0.25) is 4.98 Å². The number of piperazine rings is 1. The Kier molecular flexibility index (Phi) is 3.98. The molecule has 6 aromatic rings. The molecule has 1 aliphatic heterocycles. The van der Waals surface area contributed by atoms with Crippen LogP contribution in [0.25, 0.3) is 55.7 Å². The lowest BCUT2D eigenvalue weighted by atomic mass is 10.1. The van der Waals surface area contributed by atoms with E-state index in [0.717, 1.165) is 81.9 Å². The minimum absolute atomic E-state index is 0.573. The number of benzene rings is 1. The van der Waals surface area contributed by atoms with Crippen molar-refractivity contribution in [2.24, 2.45) is 0 Å². The van der Waals surface area contributed by atoms with Gasteiger partial charge in [-0.05, 0) is 54.7 Å². The minimum Gasteiger partial charge on any atom is -0.457 e. The summed E-state index contributed by atoms with van der Waals surface area (Å²) in [6.45, 7) is 3.76. The number of H-pyrrole nitrogens is 1. The number of furan rings is 2. The van der Waals surface area contributed by atoms with Crippen molar-refractivity contribution in [1.29, 1.82) is 0 Å². The molecule has 0 radical (unpaired) electrons. The Labute approximate surface area is 200 Å². The maximum absolute atomic E-state index is 5.76. The van der Waals surface area contributed by atoms with Crippen molar-refractivity contribution in [3.63, 3.8) is 0 Å². The molecular weight excluding hydrogens is 438 g/mol. The SMILES string of the molecule is c1cc(-c2nc(N3CCNCC3)c3c(C4CC4)cncc3n2)c2cc(-c3cc4ccc3o4)[nH]c2n1. The second kappa shape index (κ2) is 7.23. The summed E-state index contributed by atoms with van der Waals surface area (Å²) in [6.07, 6.45) is 8.16. The lowest BCUT2D eigenvalue weighted by Crippen LogP contribution is -2.44. The van der Waals surface area contributed by atoms with Gasteiger partial charge in [-0.1, -0.05) is 0 Å². The van der Waals surface area contributed by atoms with Crippen molar-refractivity contribution < 1.29 is 4.42 Å². The van der Waals surface area contributed by atoms with Crippen LogP contribution >= 0.6 is 0 Å². The van der Waals surface area contributed by atoms with Gasteiger partial charge in [0.25, 0.3) is 0 Å². The summed E-state index contributed by atoms with van der Waals surface area (Å²) in [5.74, 6) is 2.31. The maximum Gasteiger partial charge on any atom is 0.163 e. The van der Waals surface area contributed by atoms with E-state index < -0.39 is 0 Å². The number of nitrogens with zero attached hydrogens (tertiary/aromatic N) is 5. The average Bonchev–Trinajstić information content (AvgIpc) is 3.31. The van der Waals surface area contributed by atoms with Crippen LogP contribution in [0.15, 0.2) is 53.3 Å². The molecule has 1 aliphatic carbocycles. The summed E-state index contributed by atoms with van der Waals surface area (Å²) >= 11 is 0. The Morgan fingerprint density at radius 1 is 0.971 bits per heavy atom. The zero-order valence-electron chi connectivity index (χ0n) is 19.1. The molecule has 8 rings (SSSR count). The first kappa shape index (κ1) is 19.3. The Bertz CT molecular complexity index is 1710. The quantitative estimate of drug-likeness (QED) is 0.393. The van der Waals surface area contributed by atoms with Crippen LogP contribution in [-0.2, 0) is 0 Å². The number of hydrogen-bond donors (Lipinski definition) is 2. The molecule has 1 saturated heterocycles. The van der Waals surface area contributed by atoms with E-state index >= 15 is 0 Å². The van der Waals surface area contributed by atoms with Crippen molar-refractivity contribution in [3.05, 3.63) is 54.5 Å². The fourth-order valence-electron chi connectivity index (χ4n) is 5.38. The topological polar surface area (TPSA) is 95.8 Å². The third-order valence-electron chi connectivity index (χ3n) is 7.29. The van der Waals surface area contributed by atoms with E-state index in [1.54, 1.807) is 0 Å². The highest BCUT2D eigenvalue weighted by atomic mass is 16.3. The number of aromatic nitrogens is 5. The number of nitrogens with one attached hydrogen (secondary N) is 2. The minimum atomic E-state index is 0.573. The summed E-state index contributed by atoms with van der Waals surface area (Å²) in [5, 5.41) is 5.62. The highest BCUT2D eigenvalue weighted by Crippen LogP contribution is 2.45. The van der Waals surface area contributed by atoms with Gasteiger partial charge in [0.15, 0.2) is 5.82 Å². The smallest absolute Gasteiger partial charge is 0.163 e. The highest BCUT2D eigenvalue weighted by molar-refractivity contribution is 5.99. The van der Waals surface area contributed by atoms with Gasteiger partial charge in [-0.15, -0.1) is 0 Å². The van der Waals surface area contributed by atoms with Crippen molar-refractivity contribution in [1.82, 2.24) is 30.2 Å². The molecule has 7 heterocycles. The molecule has 0 atom stereocenters. The monoisotopic (exact) mass is 461 g/mol. The van der Waals surface area contributed by atoms with Gasteiger partial charge in [0.1, 0.15) is 22.6 Å². The lowest BCUT2D eigenvalue weighted by Gasteiger charge is -2.30. The zero-order valence-corrected chi connectivity index (χ0v) is 19.1. The molecule has 8 nitrogen and oxygen atoms in total. The van der Waals surface area contributed by atoms with E-state index in [2.05, 4.69) is 37.3 Å². The fourth-order valence-corrected chi connectivity index (χ4v) is 5.38. The first-order valence-corrected chi connectivity index (χ1v) is 12.2. The molecule has 2 aliphatic rings. The number of anilines is 1. The van der Waals surface area contributed by atoms with E-state index in [1.165, 1.54) is 18.4 Å². The fraction of sp³-hybridized carbons (Fsp3) is 0.259. The number of aromatic amines is 1. The number of fused-ring (bicyclic) bond motifs is 4. The van der Waals surface area contributed by atoms with Crippen molar-refractivity contribution >= 4 is 38.9 Å². The summed E-state index contributed by atoms with van der Waals surface area (Å²) < 4.78 is 5.76. The summed E-state index contributed by atoms with van der Waals surface area (Å²) in [4.78, 5) is 25.3. The number of pyridine rings is 2.